The molecule has 158 valence electrons. The molecule has 2 aromatic carbocycles. The number of aryl methyl sites for hydroxylation is 2. The van der Waals surface area contributed by atoms with Crippen LogP contribution in [0.15, 0.2) is 61.1 Å². The molecule has 4 nitrogen and oxygen atoms in total. The van der Waals surface area contributed by atoms with E-state index in [1.165, 1.54) is 25.3 Å². The predicted molar refractivity (Wildman–Crippen MR) is 124 cm³/mol. The zero-order valence-corrected chi connectivity index (χ0v) is 18.0. The number of piperidine rings is 1. The molecule has 0 bridgehead atoms. The molecule has 0 saturated carbocycles. The molecule has 5 rings (SSSR count). The van der Waals surface area contributed by atoms with Crippen molar-refractivity contribution in [3.63, 3.8) is 0 Å². The van der Waals surface area contributed by atoms with Crippen LogP contribution in [0.1, 0.15) is 24.8 Å². The molecule has 1 saturated heterocycles. The van der Waals surface area contributed by atoms with E-state index in [0.29, 0.717) is 5.02 Å². The van der Waals surface area contributed by atoms with Gasteiger partial charge in [0.15, 0.2) is 0 Å². The third-order valence-corrected chi connectivity index (χ3v) is 6.28. The summed E-state index contributed by atoms with van der Waals surface area (Å²) < 4.78 is 15.6. The molecule has 0 N–H and O–H groups in total. The Balaban J connectivity index is 1.45. The first-order chi connectivity index (χ1) is 15.2. The number of imidazole rings is 1. The summed E-state index contributed by atoms with van der Waals surface area (Å²) in [7, 11) is 0. The molecule has 3 heterocycles. The lowest BCUT2D eigenvalue weighted by Crippen LogP contribution is -2.30. The van der Waals surface area contributed by atoms with Crippen molar-refractivity contribution in [3.8, 4) is 11.1 Å². The van der Waals surface area contributed by atoms with E-state index in [1.807, 2.05) is 18.5 Å². The van der Waals surface area contributed by atoms with Crippen LogP contribution >= 0.6 is 11.6 Å². The first-order valence-corrected chi connectivity index (χ1v) is 11.2. The van der Waals surface area contributed by atoms with Crippen LogP contribution in [0.3, 0.4) is 0 Å². The number of pyridine rings is 1. The highest BCUT2D eigenvalue weighted by molar-refractivity contribution is 6.33. The van der Waals surface area contributed by atoms with Crippen LogP contribution in [0.5, 0.6) is 0 Å². The highest BCUT2D eigenvalue weighted by Crippen LogP contribution is 2.33. The lowest BCUT2D eigenvalue weighted by Gasteiger charge is -2.28. The number of benzene rings is 2. The number of hydrogen-bond donors (Lipinski definition) is 0. The number of aromatic nitrogens is 3. The molecular formula is C25H24ClFN4. The van der Waals surface area contributed by atoms with E-state index in [-0.39, 0.29) is 5.82 Å². The first-order valence-electron chi connectivity index (χ1n) is 10.8. The molecule has 4 aromatic rings. The maximum atomic E-state index is 13.5. The van der Waals surface area contributed by atoms with Crippen molar-refractivity contribution in [2.75, 3.05) is 18.0 Å². The van der Waals surface area contributed by atoms with Gasteiger partial charge >= 0.3 is 0 Å². The molecule has 0 spiro atoms. The highest BCUT2D eigenvalue weighted by atomic mass is 35.5. The SMILES string of the molecule is Fc1cccc(CCn2cnc3ccc(-c4cc(N5CCCCC5)ncc4Cl)cc32)c1. The van der Waals surface area contributed by atoms with Crippen LogP contribution in [0.2, 0.25) is 5.02 Å². The summed E-state index contributed by atoms with van der Waals surface area (Å²) in [5, 5.41) is 0.644. The summed E-state index contributed by atoms with van der Waals surface area (Å²) in [6, 6.07) is 15.1. The number of halogens is 2. The fourth-order valence-electron chi connectivity index (χ4n) is 4.29. The zero-order chi connectivity index (χ0) is 21.2. The lowest BCUT2D eigenvalue weighted by molar-refractivity contribution is 0.573. The van der Waals surface area contributed by atoms with Crippen LogP contribution < -0.4 is 4.90 Å². The quantitative estimate of drug-likeness (QED) is 0.379. The third kappa shape index (κ3) is 4.28. The second-order valence-electron chi connectivity index (χ2n) is 8.09. The molecule has 0 radical (unpaired) electrons. The average molecular weight is 435 g/mol. The second kappa shape index (κ2) is 8.67. The van der Waals surface area contributed by atoms with Crippen LogP contribution in [0.4, 0.5) is 10.2 Å². The van der Waals surface area contributed by atoms with E-state index in [9.17, 15) is 4.39 Å². The minimum absolute atomic E-state index is 0.202. The van der Waals surface area contributed by atoms with Crippen LogP contribution in [0, 0.1) is 5.82 Å². The Morgan fingerprint density at radius 2 is 1.84 bits per heavy atom. The summed E-state index contributed by atoms with van der Waals surface area (Å²) in [6.07, 6.45) is 8.04. The Kier molecular flexibility index (Phi) is 5.60. The maximum absolute atomic E-state index is 13.5. The molecular weight excluding hydrogens is 411 g/mol. The Bertz CT molecular complexity index is 1210. The van der Waals surface area contributed by atoms with Crippen molar-refractivity contribution in [1.29, 1.82) is 0 Å². The summed E-state index contributed by atoms with van der Waals surface area (Å²) in [6.45, 7) is 2.81. The fourth-order valence-corrected chi connectivity index (χ4v) is 4.50. The summed E-state index contributed by atoms with van der Waals surface area (Å²) >= 11 is 6.55. The number of nitrogens with zero attached hydrogens (tertiary/aromatic N) is 4. The van der Waals surface area contributed by atoms with Gasteiger partial charge in [-0.05, 0) is 67.1 Å². The van der Waals surface area contributed by atoms with Crippen LogP contribution in [-0.4, -0.2) is 27.6 Å². The second-order valence-corrected chi connectivity index (χ2v) is 8.50. The van der Waals surface area contributed by atoms with Crippen molar-refractivity contribution in [1.82, 2.24) is 14.5 Å². The van der Waals surface area contributed by atoms with E-state index in [4.69, 9.17) is 11.6 Å². The monoisotopic (exact) mass is 434 g/mol. The number of anilines is 1. The summed E-state index contributed by atoms with van der Waals surface area (Å²) in [5.74, 6) is 0.783. The Morgan fingerprint density at radius 3 is 2.68 bits per heavy atom. The van der Waals surface area contributed by atoms with E-state index in [2.05, 4.69) is 37.6 Å². The van der Waals surface area contributed by atoms with Gasteiger partial charge in [0.05, 0.1) is 22.4 Å². The number of hydrogen-bond acceptors (Lipinski definition) is 3. The molecule has 0 aliphatic carbocycles. The largest absolute Gasteiger partial charge is 0.357 e. The van der Waals surface area contributed by atoms with Crippen molar-refractivity contribution >= 4 is 28.5 Å². The van der Waals surface area contributed by atoms with Crippen molar-refractivity contribution in [2.45, 2.75) is 32.2 Å². The van der Waals surface area contributed by atoms with Gasteiger partial charge in [-0.15, -0.1) is 0 Å². The van der Waals surface area contributed by atoms with E-state index < -0.39 is 0 Å². The maximum Gasteiger partial charge on any atom is 0.129 e. The number of rotatable bonds is 5. The lowest BCUT2D eigenvalue weighted by atomic mass is 10.1. The smallest absolute Gasteiger partial charge is 0.129 e. The topological polar surface area (TPSA) is 34.0 Å². The van der Waals surface area contributed by atoms with Gasteiger partial charge in [0.2, 0.25) is 0 Å². The average Bonchev–Trinajstić information content (AvgIpc) is 3.21. The van der Waals surface area contributed by atoms with Gasteiger partial charge in [0, 0.05) is 31.4 Å². The molecule has 0 unspecified atom stereocenters. The Hall–Kier alpha value is -2.92. The third-order valence-electron chi connectivity index (χ3n) is 5.98. The minimum Gasteiger partial charge on any atom is -0.357 e. The van der Waals surface area contributed by atoms with Crippen molar-refractivity contribution in [2.24, 2.45) is 0 Å². The van der Waals surface area contributed by atoms with Crippen LogP contribution in [0.25, 0.3) is 22.2 Å². The van der Waals surface area contributed by atoms with Crippen molar-refractivity contribution < 1.29 is 4.39 Å². The Morgan fingerprint density at radius 1 is 0.968 bits per heavy atom. The zero-order valence-electron chi connectivity index (χ0n) is 17.3. The van der Waals surface area contributed by atoms with Gasteiger partial charge in [0.1, 0.15) is 11.6 Å². The normalized spacial score (nSPS) is 14.3. The molecule has 31 heavy (non-hydrogen) atoms. The van der Waals surface area contributed by atoms with E-state index in [1.54, 1.807) is 18.3 Å². The van der Waals surface area contributed by atoms with Crippen LogP contribution in [-0.2, 0) is 13.0 Å². The minimum atomic E-state index is -0.202. The molecule has 1 fully saturated rings. The molecule has 2 aromatic heterocycles. The van der Waals surface area contributed by atoms with E-state index >= 15 is 0 Å². The summed E-state index contributed by atoms with van der Waals surface area (Å²) in [5.41, 5.74) is 4.98. The van der Waals surface area contributed by atoms with Gasteiger partial charge in [-0.3, -0.25) is 0 Å². The van der Waals surface area contributed by atoms with Crippen molar-refractivity contribution in [3.05, 3.63) is 77.5 Å². The fraction of sp³-hybridized carbons (Fsp3) is 0.280. The molecule has 6 heteroatoms. The molecule has 1 aliphatic rings. The molecule has 1 aliphatic heterocycles. The van der Waals surface area contributed by atoms with Gasteiger partial charge in [-0.25, -0.2) is 14.4 Å². The predicted octanol–water partition coefficient (Wildman–Crippen LogP) is 6.12. The molecule has 0 amide bonds. The summed E-state index contributed by atoms with van der Waals surface area (Å²) in [4.78, 5) is 11.4. The Labute approximate surface area is 186 Å². The highest BCUT2D eigenvalue weighted by Gasteiger charge is 2.15. The first kappa shape index (κ1) is 20.0. The van der Waals surface area contributed by atoms with Gasteiger partial charge in [0.25, 0.3) is 0 Å². The molecule has 0 atom stereocenters. The number of fused-ring (bicyclic) bond motifs is 1. The van der Waals surface area contributed by atoms with Gasteiger partial charge in [-0.1, -0.05) is 29.8 Å². The van der Waals surface area contributed by atoms with Gasteiger partial charge in [-0.2, -0.15) is 0 Å². The van der Waals surface area contributed by atoms with Gasteiger partial charge < -0.3 is 9.47 Å². The standard InChI is InChI=1S/C25H24ClFN4/c26-22-16-28-25(30-10-2-1-3-11-30)15-21(22)19-7-8-23-24(14-19)31(17-29-23)12-9-18-5-4-6-20(27)13-18/h4-8,13-17H,1-3,9-12H2. The van der Waals surface area contributed by atoms with E-state index in [0.717, 1.165) is 59.6 Å².